The summed E-state index contributed by atoms with van der Waals surface area (Å²) >= 11 is 0. The number of carbonyl (C=O) groups excluding carboxylic acids is 1. The van der Waals surface area contributed by atoms with Crippen molar-refractivity contribution < 1.29 is 31.1 Å². The van der Waals surface area contributed by atoms with Crippen molar-refractivity contribution in [1.29, 1.82) is 0 Å². The number of fused-ring (bicyclic) bond motifs is 1. The number of alkyl halides is 3. The van der Waals surface area contributed by atoms with E-state index in [1.54, 1.807) is 16.9 Å². The lowest BCUT2D eigenvalue weighted by Gasteiger charge is -2.22. The second-order valence-electron chi connectivity index (χ2n) is 8.08. The number of nitrogens with zero attached hydrogens (tertiary/aromatic N) is 4. The maximum absolute atomic E-state index is 13.3. The summed E-state index contributed by atoms with van der Waals surface area (Å²) in [6, 6.07) is 8.72. The first-order valence-corrected chi connectivity index (χ1v) is 12.1. The van der Waals surface area contributed by atoms with Crippen molar-refractivity contribution in [3.63, 3.8) is 0 Å². The van der Waals surface area contributed by atoms with Gasteiger partial charge in [-0.15, -0.1) is 0 Å². The van der Waals surface area contributed by atoms with Crippen LogP contribution < -0.4 is 4.74 Å². The standard InChI is InChI=1S/C22H21F3N4O4S/c1-13-5-4-6-20(26-13)29-11-15-10-28(12-18(15)27-29)21(30)17-9-16(34(3,31)32)7-8-19(17)33-14(2)22(23,24)25/h4-9,11,14H,10,12H2,1-3H3/t14-/m0/s1. The average molecular weight is 494 g/mol. The normalized spacial score (nSPS) is 14.7. The van der Waals surface area contributed by atoms with Gasteiger partial charge in [-0.25, -0.2) is 18.1 Å². The molecular formula is C22H21F3N4O4S. The van der Waals surface area contributed by atoms with E-state index >= 15 is 0 Å². The Kier molecular flexibility index (Phi) is 5.88. The van der Waals surface area contributed by atoms with Gasteiger partial charge in [0.05, 0.1) is 22.7 Å². The Balaban J connectivity index is 1.62. The first-order valence-electron chi connectivity index (χ1n) is 10.2. The molecule has 0 aliphatic carbocycles. The number of hydrogen-bond acceptors (Lipinski definition) is 6. The van der Waals surface area contributed by atoms with E-state index in [1.807, 2.05) is 19.1 Å². The molecule has 34 heavy (non-hydrogen) atoms. The molecular weight excluding hydrogens is 473 g/mol. The van der Waals surface area contributed by atoms with Crippen molar-refractivity contribution >= 4 is 15.7 Å². The third-order valence-electron chi connectivity index (χ3n) is 5.35. The van der Waals surface area contributed by atoms with E-state index in [0.29, 0.717) is 11.5 Å². The van der Waals surface area contributed by atoms with Gasteiger partial charge in [0.15, 0.2) is 21.8 Å². The van der Waals surface area contributed by atoms with Crippen LogP contribution in [0.4, 0.5) is 13.2 Å². The number of sulfone groups is 1. The van der Waals surface area contributed by atoms with Crippen molar-refractivity contribution in [2.75, 3.05) is 6.26 Å². The lowest BCUT2D eigenvalue weighted by atomic mass is 10.1. The lowest BCUT2D eigenvalue weighted by molar-refractivity contribution is -0.189. The molecule has 1 aliphatic heterocycles. The minimum Gasteiger partial charge on any atom is -0.480 e. The Bertz CT molecular complexity index is 1350. The minimum absolute atomic E-state index is 0.102. The van der Waals surface area contributed by atoms with Crippen LogP contribution in [-0.2, 0) is 22.9 Å². The van der Waals surface area contributed by atoms with Gasteiger partial charge in [0.1, 0.15) is 5.75 Å². The van der Waals surface area contributed by atoms with Crippen LogP contribution in [0.5, 0.6) is 5.75 Å². The largest absolute Gasteiger partial charge is 0.480 e. The van der Waals surface area contributed by atoms with Gasteiger partial charge in [-0.05, 0) is 44.2 Å². The molecule has 1 amide bonds. The summed E-state index contributed by atoms with van der Waals surface area (Å²) in [7, 11) is -3.71. The molecule has 3 aromatic rings. The van der Waals surface area contributed by atoms with Crippen LogP contribution in [0.25, 0.3) is 5.82 Å². The molecule has 0 spiro atoms. The van der Waals surface area contributed by atoms with E-state index in [1.165, 1.54) is 4.90 Å². The minimum atomic E-state index is -4.66. The fraction of sp³-hybridized carbons (Fsp3) is 0.318. The zero-order valence-corrected chi connectivity index (χ0v) is 19.3. The van der Waals surface area contributed by atoms with Gasteiger partial charge < -0.3 is 9.64 Å². The maximum Gasteiger partial charge on any atom is 0.425 e. The molecule has 12 heteroatoms. The van der Waals surface area contributed by atoms with E-state index in [2.05, 4.69) is 10.1 Å². The molecule has 180 valence electrons. The first-order chi connectivity index (χ1) is 15.8. The van der Waals surface area contributed by atoms with Crippen molar-refractivity contribution in [2.45, 2.75) is 44.1 Å². The topological polar surface area (TPSA) is 94.4 Å². The predicted octanol–water partition coefficient (Wildman–Crippen LogP) is 3.46. The van der Waals surface area contributed by atoms with E-state index in [9.17, 15) is 26.4 Å². The summed E-state index contributed by atoms with van der Waals surface area (Å²) in [5, 5.41) is 4.47. The molecule has 0 saturated carbocycles. The van der Waals surface area contributed by atoms with Gasteiger partial charge in [0.2, 0.25) is 0 Å². The highest BCUT2D eigenvalue weighted by Gasteiger charge is 2.39. The summed E-state index contributed by atoms with van der Waals surface area (Å²) in [5.41, 5.74) is 1.91. The third kappa shape index (κ3) is 4.76. The number of benzene rings is 1. The third-order valence-corrected chi connectivity index (χ3v) is 6.46. The zero-order valence-electron chi connectivity index (χ0n) is 18.5. The number of hydrogen-bond donors (Lipinski definition) is 0. The number of ether oxygens (including phenoxy) is 1. The van der Waals surface area contributed by atoms with E-state index < -0.39 is 28.0 Å². The Morgan fingerprint density at radius 3 is 2.53 bits per heavy atom. The summed E-state index contributed by atoms with van der Waals surface area (Å²) < 4.78 is 69.7. The molecule has 1 aliphatic rings. The monoisotopic (exact) mass is 494 g/mol. The summed E-state index contributed by atoms with van der Waals surface area (Å²) in [6.45, 7) is 2.92. The number of halogens is 3. The number of rotatable bonds is 5. The molecule has 0 bridgehead atoms. The molecule has 1 atom stereocenters. The molecule has 1 aromatic carbocycles. The van der Waals surface area contributed by atoms with E-state index in [-0.39, 0.29) is 29.3 Å². The van der Waals surface area contributed by atoms with Crippen molar-refractivity contribution in [3.05, 3.63) is 65.1 Å². The van der Waals surface area contributed by atoms with Gasteiger partial charge in [-0.1, -0.05) is 6.07 Å². The van der Waals surface area contributed by atoms with Gasteiger partial charge in [-0.2, -0.15) is 18.3 Å². The van der Waals surface area contributed by atoms with Crippen LogP contribution >= 0.6 is 0 Å². The number of carbonyl (C=O) groups is 1. The second-order valence-corrected chi connectivity index (χ2v) is 10.1. The van der Waals surface area contributed by atoms with Crippen LogP contribution in [0, 0.1) is 6.92 Å². The lowest BCUT2D eigenvalue weighted by Crippen LogP contribution is -2.33. The van der Waals surface area contributed by atoms with Gasteiger partial charge >= 0.3 is 6.18 Å². The van der Waals surface area contributed by atoms with Gasteiger partial charge in [0, 0.05) is 30.3 Å². The zero-order chi connectivity index (χ0) is 24.8. The number of aryl methyl sites for hydroxylation is 1. The highest BCUT2D eigenvalue weighted by atomic mass is 32.2. The Morgan fingerprint density at radius 2 is 1.91 bits per heavy atom. The molecule has 8 nitrogen and oxygen atoms in total. The Hall–Kier alpha value is -3.41. The summed E-state index contributed by atoms with van der Waals surface area (Å²) in [6.07, 6.45) is -4.17. The Labute approximate surface area is 193 Å². The van der Waals surface area contributed by atoms with Crippen molar-refractivity contribution in [2.24, 2.45) is 0 Å². The van der Waals surface area contributed by atoms with Crippen LogP contribution in [0.1, 0.15) is 34.2 Å². The molecule has 0 fully saturated rings. The van der Waals surface area contributed by atoms with Crippen LogP contribution in [-0.4, -0.2) is 52.5 Å². The first kappa shape index (κ1) is 23.7. The van der Waals surface area contributed by atoms with Crippen LogP contribution in [0.3, 0.4) is 0 Å². The van der Waals surface area contributed by atoms with E-state index in [4.69, 9.17) is 4.74 Å². The van der Waals surface area contributed by atoms with E-state index in [0.717, 1.165) is 42.6 Å². The van der Waals surface area contributed by atoms with Crippen molar-refractivity contribution in [3.8, 4) is 11.6 Å². The average Bonchev–Trinajstić information content (AvgIpc) is 3.31. The smallest absolute Gasteiger partial charge is 0.425 e. The predicted molar refractivity (Wildman–Crippen MR) is 115 cm³/mol. The molecule has 0 N–H and O–H groups in total. The molecule has 3 heterocycles. The fourth-order valence-electron chi connectivity index (χ4n) is 3.51. The fourth-order valence-corrected chi connectivity index (χ4v) is 4.15. The molecule has 0 saturated heterocycles. The quantitative estimate of drug-likeness (QED) is 0.539. The van der Waals surface area contributed by atoms with Crippen LogP contribution in [0.2, 0.25) is 0 Å². The molecule has 2 aromatic heterocycles. The maximum atomic E-state index is 13.3. The summed E-state index contributed by atoms with van der Waals surface area (Å²) in [4.78, 5) is 18.8. The highest BCUT2D eigenvalue weighted by molar-refractivity contribution is 7.90. The number of amides is 1. The molecule has 0 radical (unpaired) electrons. The number of aromatic nitrogens is 3. The Morgan fingerprint density at radius 1 is 1.18 bits per heavy atom. The highest BCUT2D eigenvalue weighted by Crippen LogP contribution is 2.32. The summed E-state index contributed by atoms with van der Waals surface area (Å²) in [5.74, 6) is -0.390. The van der Waals surface area contributed by atoms with Crippen molar-refractivity contribution in [1.82, 2.24) is 19.7 Å². The van der Waals surface area contributed by atoms with Gasteiger partial charge in [0.25, 0.3) is 5.91 Å². The second kappa shape index (κ2) is 8.42. The molecule has 4 rings (SSSR count). The number of pyridine rings is 1. The van der Waals surface area contributed by atoms with Gasteiger partial charge in [-0.3, -0.25) is 4.79 Å². The SMILES string of the molecule is Cc1cccc(-n2cc3c(n2)CN(C(=O)c2cc(S(C)(=O)=O)ccc2O[C@@H](C)C(F)(F)F)C3)n1. The van der Waals surface area contributed by atoms with Crippen LogP contribution in [0.15, 0.2) is 47.5 Å². The molecule has 0 unspecified atom stereocenters.